The van der Waals surface area contributed by atoms with Gasteiger partial charge in [0, 0.05) is 24.8 Å². The zero-order valence-electron chi connectivity index (χ0n) is 44.8. The summed E-state index contributed by atoms with van der Waals surface area (Å²) in [6.45, 7) is 2.51. The van der Waals surface area contributed by atoms with Crippen molar-refractivity contribution in [3.05, 3.63) is 144 Å². The Kier molecular flexibility index (Phi) is 27.9. The SMILES string of the molecule is CCCCCCCCCCCCC(OC(=O)CCCCCCCCc1ccccc1)C(=O)N(Cc1ccccc1)O[C@@H]1C[C@H](OC(=O)CCCCCCCCc2ccccc2)[C@@H]2OC(c3ccccc3)OC[C@H]2O1. The number of esters is 2. The molecule has 2 unspecified atom stereocenters. The molecule has 0 aliphatic carbocycles. The molecule has 4 aromatic rings. The fourth-order valence-electron chi connectivity index (χ4n) is 10.1. The van der Waals surface area contributed by atoms with Crippen molar-refractivity contribution in [3.63, 3.8) is 0 Å². The number of hydrogen-bond acceptors (Lipinski definition) is 9. The first-order chi connectivity index (χ1) is 36.4. The van der Waals surface area contributed by atoms with Crippen molar-refractivity contribution in [2.24, 2.45) is 0 Å². The molecule has 6 atom stereocenters. The van der Waals surface area contributed by atoms with Crippen LogP contribution < -0.4 is 0 Å². The Balaban J connectivity index is 1.07. The molecule has 0 spiro atoms. The first kappa shape index (κ1) is 58.4. The van der Waals surface area contributed by atoms with Gasteiger partial charge >= 0.3 is 11.9 Å². The summed E-state index contributed by atoms with van der Waals surface area (Å²) >= 11 is 0. The minimum Gasteiger partial charge on any atom is -0.459 e. The number of benzene rings is 4. The van der Waals surface area contributed by atoms with Gasteiger partial charge in [-0.05, 0) is 68.1 Å². The Bertz CT molecular complexity index is 2090. The molecule has 2 aliphatic rings. The molecule has 2 fully saturated rings. The number of fused-ring (bicyclic) bond motifs is 1. The molecule has 6 rings (SSSR count). The molecule has 4 aromatic carbocycles. The number of carbonyl (C=O) groups excluding carboxylic acids is 3. The van der Waals surface area contributed by atoms with Crippen LogP contribution in [0.15, 0.2) is 121 Å². The van der Waals surface area contributed by atoms with E-state index in [4.69, 9.17) is 28.5 Å². The van der Waals surface area contributed by atoms with Gasteiger partial charge in [-0.2, -0.15) is 0 Å². The number of carbonyl (C=O) groups is 3. The van der Waals surface area contributed by atoms with Gasteiger partial charge in [0.05, 0.1) is 13.2 Å². The lowest BCUT2D eigenvalue weighted by atomic mass is 9.99. The molecule has 0 bridgehead atoms. The lowest BCUT2D eigenvalue weighted by molar-refractivity contribution is -0.367. The minimum atomic E-state index is -1.03. The van der Waals surface area contributed by atoms with Crippen LogP contribution in [0.1, 0.15) is 202 Å². The van der Waals surface area contributed by atoms with Crippen molar-refractivity contribution >= 4 is 17.8 Å². The quantitative estimate of drug-likeness (QED) is 0.0248. The largest absolute Gasteiger partial charge is 0.459 e. The Morgan fingerprint density at radius 3 is 1.57 bits per heavy atom. The molecule has 1 amide bonds. The van der Waals surface area contributed by atoms with Crippen LogP contribution in [0.3, 0.4) is 0 Å². The summed E-state index contributed by atoms with van der Waals surface area (Å²) in [5, 5.41) is 1.31. The number of hydrogen-bond donors (Lipinski definition) is 0. The molecule has 10 nitrogen and oxygen atoms in total. The van der Waals surface area contributed by atoms with Gasteiger partial charge in [0.2, 0.25) is 0 Å². The average Bonchev–Trinajstić information content (AvgIpc) is 3.43. The van der Waals surface area contributed by atoms with E-state index >= 15 is 0 Å². The molecule has 2 saturated heterocycles. The molecule has 74 heavy (non-hydrogen) atoms. The average molecular weight is 1020 g/mol. The third-order valence-corrected chi connectivity index (χ3v) is 14.4. The summed E-state index contributed by atoms with van der Waals surface area (Å²) < 4.78 is 31.8. The Morgan fingerprint density at radius 2 is 1.01 bits per heavy atom. The monoisotopic (exact) mass is 1020 g/mol. The van der Waals surface area contributed by atoms with Crippen molar-refractivity contribution in [1.29, 1.82) is 0 Å². The summed E-state index contributed by atoms with van der Waals surface area (Å²) in [7, 11) is 0. The third kappa shape index (κ3) is 22.5. The minimum absolute atomic E-state index is 0.101. The highest BCUT2D eigenvalue weighted by Gasteiger charge is 2.48. The number of aryl methyl sites for hydroxylation is 2. The van der Waals surface area contributed by atoms with E-state index in [2.05, 4.69) is 67.6 Å². The summed E-state index contributed by atoms with van der Waals surface area (Å²) in [6.07, 6.45) is 22.4. The van der Waals surface area contributed by atoms with Gasteiger partial charge in [-0.1, -0.05) is 237 Å². The normalized spacial score (nSPS) is 18.8. The van der Waals surface area contributed by atoms with E-state index in [0.29, 0.717) is 19.3 Å². The van der Waals surface area contributed by atoms with Crippen LogP contribution in [0, 0.1) is 0 Å². The van der Waals surface area contributed by atoms with E-state index in [0.717, 1.165) is 120 Å². The molecule has 0 N–H and O–H groups in total. The standard InChI is InChI=1S/C64H89NO9/c1-2-3-4-5-6-7-8-9-16-33-46-56(70-59(66)47-34-17-12-10-14-23-36-52-38-25-19-26-39-52)63(68)65(50-54-42-29-21-30-43-54)74-61-49-57(62-58(72-61)51-69-64(73-62)55-44-31-22-32-45-55)71-60(67)48-35-18-13-11-15-24-37-53-40-27-20-28-41-53/h19-22,25-32,38-45,56-58,61-62,64H,2-18,23-24,33-37,46-51H2,1H3/t56?,57-,58+,61+,62-,64?/m0/s1. The number of unbranched alkanes of at least 4 members (excludes halogenated alkanes) is 19. The maximum atomic E-state index is 14.9. The molecule has 10 heteroatoms. The van der Waals surface area contributed by atoms with Gasteiger partial charge in [0.25, 0.3) is 5.91 Å². The predicted octanol–water partition coefficient (Wildman–Crippen LogP) is 15.3. The lowest BCUT2D eigenvalue weighted by Crippen LogP contribution is -2.57. The van der Waals surface area contributed by atoms with Crippen LogP contribution in [-0.2, 0) is 62.3 Å². The summed E-state index contributed by atoms with van der Waals surface area (Å²) in [4.78, 5) is 48.7. The second-order valence-corrected chi connectivity index (χ2v) is 20.7. The molecular weight excluding hydrogens is 927 g/mol. The highest BCUT2D eigenvalue weighted by atomic mass is 16.8. The maximum absolute atomic E-state index is 14.9. The highest BCUT2D eigenvalue weighted by molar-refractivity contribution is 5.83. The first-order valence-electron chi connectivity index (χ1n) is 28.9. The van der Waals surface area contributed by atoms with Gasteiger partial charge in [-0.3, -0.25) is 14.4 Å². The summed E-state index contributed by atoms with van der Waals surface area (Å²) in [5.74, 6) is -1.10. The van der Waals surface area contributed by atoms with Gasteiger partial charge in [0.15, 0.2) is 18.7 Å². The second kappa shape index (κ2) is 35.4. The van der Waals surface area contributed by atoms with Crippen LogP contribution in [0.4, 0.5) is 0 Å². The van der Waals surface area contributed by atoms with Crippen molar-refractivity contribution in [2.45, 2.75) is 230 Å². The number of ether oxygens (including phenoxy) is 5. The molecule has 0 aromatic heterocycles. The second-order valence-electron chi connectivity index (χ2n) is 20.7. The van der Waals surface area contributed by atoms with Gasteiger partial charge in [-0.25, -0.2) is 9.90 Å². The van der Waals surface area contributed by atoms with E-state index < -0.39 is 42.9 Å². The zero-order valence-corrected chi connectivity index (χ0v) is 44.8. The number of rotatable bonds is 37. The number of nitrogens with zero attached hydrogens (tertiary/aromatic N) is 1. The van der Waals surface area contributed by atoms with Crippen molar-refractivity contribution in [3.8, 4) is 0 Å². The van der Waals surface area contributed by atoms with Crippen LogP contribution in [0.5, 0.6) is 0 Å². The van der Waals surface area contributed by atoms with Gasteiger partial charge in [0.1, 0.15) is 18.3 Å². The van der Waals surface area contributed by atoms with Crippen LogP contribution >= 0.6 is 0 Å². The molecule has 2 heterocycles. The maximum Gasteiger partial charge on any atom is 0.306 e. The molecule has 404 valence electrons. The van der Waals surface area contributed by atoms with Gasteiger partial charge in [-0.15, -0.1) is 0 Å². The van der Waals surface area contributed by atoms with Crippen LogP contribution in [0.25, 0.3) is 0 Å². The Morgan fingerprint density at radius 1 is 0.541 bits per heavy atom. The number of amides is 1. The van der Waals surface area contributed by atoms with Crippen molar-refractivity contribution < 1.29 is 42.9 Å². The Hall–Kier alpha value is -4.87. The Labute approximate surface area is 444 Å². The molecule has 0 radical (unpaired) electrons. The molecular formula is C64H89NO9. The smallest absolute Gasteiger partial charge is 0.306 e. The fourth-order valence-corrected chi connectivity index (χ4v) is 10.1. The third-order valence-electron chi connectivity index (χ3n) is 14.4. The molecule has 2 aliphatic heterocycles. The zero-order chi connectivity index (χ0) is 51.7. The van der Waals surface area contributed by atoms with E-state index in [9.17, 15) is 14.4 Å². The van der Waals surface area contributed by atoms with E-state index in [1.807, 2.05) is 60.7 Å². The topological polar surface area (TPSA) is 110 Å². The highest BCUT2D eigenvalue weighted by Crippen LogP contribution is 2.36. The summed E-state index contributed by atoms with van der Waals surface area (Å²) in [6, 6.07) is 40.6. The predicted molar refractivity (Wildman–Crippen MR) is 293 cm³/mol. The van der Waals surface area contributed by atoms with Crippen molar-refractivity contribution in [2.75, 3.05) is 6.61 Å². The van der Waals surface area contributed by atoms with Gasteiger partial charge < -0.3 is 23.7 Å². The van der Waals surface area contributed by atoms with E-state index in [-0.39, 0.29) is 37.9 Å². The van der Waals surface area contributed by atoms with Crippen molar-refractivity contribution in [1.82, 2.24) is 5.06 Å². The lowest BCUT2D eigenvalue weighted by Gasteiger charge is -2.45. The van der Waals surface area contributed by atoms with Crippen LogP contribution in [-0.4, -0.2) is 60.2 Å². The molecule has 0 saturated carbocycles. The van der Waals surface area contributed by atoms with E-state index in [1.54, 1.807) is 0 Å². The van der Waals surface area contributed by atoms with E-state index in [1.165, 1.54) is 54.7 Å². The fraction of sp³-hybridized carbons (Fsp3) is 0.578. The summed E-state index contributed by atoms with van der Waals surface area (Å²) in [5.41, 5.74) is 4.45. The number of hydroxylamine groups is 2. The van der Waals surface area contributed by atoms with Crippen LogP contribution in [0.2, 0.25) is 0 Å². The first-order valence-corrected chi connectivity index (χ1v) is 28.9.